The third-order valence-corrected chi connectivity index (χ3v) is 6.31. The number of para-hydroxylation sites is 3. The van der Waals surface area contributed by atoms with Gasteiger partial charge >= 0.3 is 0 Å². The number of aromatic nitrogens is 2. The van der Waals surface area contributed by atoms with E-state index in [4.69, 9.17) is 4.98 Å². The quantitative estimate of drug-likeness (QED) is 0.245. The highest BCUT2D eigenvalue weighted by atomic mass is 15.1. The highest BCUT2D eigenvalue weighted by molar-refractivity contribution is 5.83. The predicted octanol–water partition coefficient (Wildman–Crippen LogP) is 9.64. The van der Waals surface area contributed by atoms with Crippen LogP contribution in [0.1, 0.15) is 12.5 Å². The molecular weight excluding hydrogens is 460 g/mol. The average Bonchev–Trinajstić information content (AvgIpc) is 3.34. The zero-order valence-corrected chi connectivity index (χ0v) is 21.5. The van der Waals surface area contributed by atoms with E-state index in [9.17, 15) is 0 Å². The van der Waals surface area contributed by atoms with Crippen molar-refractivity contribution in [2.45, 2.75) is 6.92 Å². The Morgan fingerprint density at radius 2 is 1.03 bits per heavy atom. The number of allylic oxidation sites excluding steroid dienone is 1. The summed E-state index contributed by atoms with van der Waals surface area (Å²) in [6.07, 6.45) is 0. The number of benzene rings is 3. The number of fused-ring (bicyclic) bond motifs is 1. The van der Waals surface area contributed by atoms with Crippen LogP contribution in [-0.4, -0.2) is 9.55 Å². The molecule has 0 saturated heterocycles. The normalized spacial score (nSPS) is 10.3. The molecule has 0 bridgehead atoms. The van der Waals surface area contributed by atoms with Crippen molar-refractivity contribution in [3.8, 4) is 28.2 Å². The van der Waals surface area contributed by atoms with E-state index in [1.165, 1.54) is 0 Å². The summed E-state index contributed by atoms with van der Waals surface area (Å²) in [4.78, 5) is 5.00. The van der Waals surface area contributed by atoms with E-state index in [0.717, 1.165) is 50.4 Å². The molecule has 0 atom stereocenters. The summed E-state index contributed by atoms with van der Waals surface area (Å²) in [5.74, 6) is 0.929. The predicted molar refractivity (Wildman–Crippen MR) is 162 cm³/mol. The topological polar surface area (TPSA) is 17.8 Å². The van der Waals surface area contributed by atoms with E-state index in [-0.39, 0.29) is 0 Å². The first kappa shape index (κ1) is 24.7. The van der Waals surface area contributed by atoms with E-state index in [1.807, 2.05) is 55.5 Å². The first-order chi connectivity index (χ1) is 18.7. The summed E-state index contributed by atoms with van der Waals surface area (Å²) >= 11 is 0. The van der Waals surface area contributed by atoms with Crippen LogP contribution in [0.5, 0.6) is 0 Å². The van der Waals surface area contributed by atoms with Crippen molar-refractivity contribution in [2.24, 2.45) is 0 Å². The van der Waals surface area contributed by atoms with Crippen LogP contribution in [0.2, 0.25) is 0 Å². The highest BCUT2D eigenvalue weighted by Crippen LogP contribution is 2.30. The molecule has 0 radical (unpaired) electrons. The van der Waals surface area contributed by atoms with Crippen molar-refractivity contribution >= 4 is 16.6 Å². The zero-order valence-electron chi connectivity index (χ0n) is 21.5. The highest BCUT2D eigenvalue weighted by Gasteiger charge is 2.13. The third-order valence-electron chi connectivity index (χ3n) is 6.31. The van der Waals surface area contributed by atoms with Crippen LogP contribution >= 0.6 is 0 Å². The van der Waals surface area contributed by atoms with Crippen molar-refractivity contribution < 1.29 is 0 Å². The van der Waals surface area contributed by atoms with Crippen LogP contribution in [0.15, 0.2) is 158 Å². The Morgan fingerprint density at radius 1 is 0.526 bits per heavy atom. The van der Waals surface area contributed by atoms with Gasteiger partial charge in [0, 0.05) is 11.3 Å². The number of hydrogen-bond acceptors (Lipinski definition) is 1. The second-order valence-corrected chi connectivity index (χ2v) is 9.07. The lowest BCUT2D eigenvalue weighted by Crippen LogP contribution is -1.97. The smallest absolute Gasteiger partial charge is 0.145 e. The second kappa shape index (κ2) is 11.9. The minimum absolute atomic E-state index is 0.929. The Balaban J connectivity index is 1.59. The molecule has 1 aromatic heterocycles. The lowest BCUT2D eigenvalue weighted by molar-refractivity contribution is 1.10. The number of nitrogens with zero attached hydrogens (tertiary/aromatic N) is 2. The number of rotatable bonds is 4. The Kier molecular flexibility index (Phi) is 7.72. The van der Waals surface area contributed by atoms with Crippen LogP contribution in [-0.2, 0) is 0 Å². The van der Waals surface area contributed by atoms with Gasteiger partial charge in [-0.15, -0.1) is 0 Å². The van der Waals surface area contributed by atoms with Gasteiger partial charge in [0.2, 0.25) is 0 Å². The maximum absolute atomic E-state index is 5.00. The molecule has 2 nitrogen and oxygen atoms in total. The number of hydrogen-bond donors (Lipinski definition) is 0. The van der Waals surface area contributed by atoms with Gasteiger partial charge in [0.25, 0.3) is 0 Å². The molecule has 0 N–H and O–H groups in total. The fourth-order valence-corrected chi connectivity index (χ4v) is 4.35. The molecule has 0 amide bonds. The summed E-state index contributed by atoms with van der Waals surface area (Å²) in [5, 5.41) is 0. The Labute approximate surface area is 224 Å². The molecule has 0 saturated carbocycles. The maximum atomic E-state index is 5.00. The Hall–Kier alpha value is -4.95. The molecule has 0 aliphatic carbocycles. The van der Waals surface area contributed by atoms with Gasteiger partial charge in [0.1, 0.15) is 5.82 Å². The molecule has 0 spiro atoms. The van der Waals surface area contributed by atoms with Crippen LogP contribution in [0, 0.1) is 0 Å². The van der Waals surface area contributed by atoms with E-state index >= 15 is 0 Å². The molecule has 5 rings (SSSR count). The van der Waals surface area contributed by atoms with Crippen molar-refractivity contribution in [1.82, 2.24) is 9.55 Å². The lowest BCUT2D eigenvalue weighted by atomic mass is 10.0. The lowest BCUT2D eigenvalue weighted by Gasteiger charge is -2.10. The van der Waals surface area contributed by atoms with Gasteiger partial charge in [-0.25, -0.2) is 4.98 Å². The maximum Gasteiger partial charge on any atom is 0.145 e. The first-order valence-electron chi connectivity index (χ1n) is 12.8. The standard InChI is InChI=1S/C36H30N2/c1-28(2)29-16-9-6-4-3-5-7-10-17-30(19-15-18-29)31-24-26-32(27-25-31)36-37-34-22-13-14-23-35(34)38(36)33-20-11-8-12-21-33/h3-27H,1H2,2H3. The van der Waals surface area contributed by atoms with Gasteiger partial charge in [-0.2, -0.15) is 0 Å². The van der Waals surface area contributed by atoms with Crippen molar-refractivity contribution in [1.29, 1.82) is 0 Å². The molecule has 0 aliphatic rings. The summed E-state index contributed by atoms with van der Waals surface area (Å²) in [7, 11) is 0. The summed E-state index contributed by atoms with van der Waals surface area (Å²) in [6.45, 7) is 6.14. The molecule has 0 fully saturated rings. The monoisotopic (exact) mass is 490 g/mol. The molecule has 5 aromatic rings. The van der Waals surface area contributed by atoms with Crippen LogP contribution < -0.4 is 0 Å². The molecule has 38 heavy (non-hydrogen) atoms. The van der Waals surface area contributed by atoms with E-state index in [2.05, 4.69) is 114 Å². The van der Waals surface area contributed by atoms with Crippen molar-refractivity contribution in [3.63, 3.8) is 0 Å². The van der Waals surface area contributed by atoms with Crippen LogP contribution in [0.4, 0.5) is 0 Å². The van der Waals surface area contributed by atoms with Gasteiger partial charge in [-0.05, 0) is 47.9 Å². The minimum Gasteiger partial charge on any atom is -0.292 e. The van der Waals surface area contributed by atoms with Crippen LogP contribution in [0.3, 0.4) is 0 Å². The molecule has 1 heterocycles. The van der Waals surface area contributed by atoms with Gasteiger partial charge < -0.3 is 0 Å². The molecular formula is C36H30N2. The first-order valence-corrected chi connectivity index (χ1v) is 12.8. The Bertz CT molecular complexity index is 1680. The van der Waals surface area contributed by atoms with Gasteiger partial charge in [0.15, 0.2) is 0 Å². The molecule has 2 heteroatoms. The summed E-state index contributed by atoms with van der Waals surface area (Å²) in [5.41, 5.74) is 8.61. The Morgan fingerprint density at radius 3 is 1.76 bits per heavy atom. The van der Waals surface area contributed by atoms with E-state index < -0.39 is 0 Å². The van der Waals surface area contributed by atoms with E-state index in [0.29, 0.717) is 0 Å². The third kappa shape index (κ3) is 5.71. The summed E-state index contributed by atoms with van der Waals surface area (Å²) < 4.78 is 2.23. The molecule has 4 aromatic carbocycles. The minimum atomic E-state index is 0.929. The second-order valence-electron chi connectivity index (χ2n) is 9.07. The fraction of sp³-hybridized carbons (Fsp3) is 0.0278. The summed E-state index contributed by atoms with van der Waals surface area (Å²) in [6, 6.07) is 52.1. The van der Waals surface area contributed by atoms with E-state index in [1.54, 1.807) is 0 Å². The molecule has 0 unspecified atom stereocenters. The van der Waals surface area contributed by atoms with Gasteiger partial charge in [-0.1, -0.05) is 140 Å². The average molecular weight is 491 g/mol. The van der Waals surface area contributed by atoms with Crippen LogP contribution in [0.25, 0.3) is 44.8 Å². The van der Waals surface area contributed by atoms with Crippen molar-refractivity contribution in [2.75, 3.05) is 0 Å². The largest absolute Gasteiger partial charge is 0.292 e. The van der Waals surface area contributed by atoms with Crippen molar-refractivity contribution in [3.05, 3.63) is 164 Å². The fourth-order valence-electron chi connectivity index (χ4n) is 4.35. The van der Waals surface area contributed by atoms with Gasteiger partial charge in [0.05, 0.1) is 11.0 Å². The number of imidazole rings is 1. The molecule has 184 valence electrons. The molecule has 0 aliphatic heterocycles. The van der Waals surface area contributed by atoms with Gasteiger partial charge in [-0.3, -0.25) is 4.57 Å². The zero-order chi connectivity index (χ0) is 26.2. The SMILES string of the molecule is C=C(C)c1cccccccccc(-c2ccc(-c3nc4ccccc4n3-c3ccccc3)cc2)ccc1.